The van der Waals surface area contributed by atoms with Crippen LogP contribution in [0.5, 0.6) is 0 Å². The van der Waals surface area contributed by atoms with Gasteiger partial charge in [-0.05, 0) is 61.7 Å². The highest BCUT2D eigenvalue weighted by Gasteiger charge is 2.18. The second-order valence-corrected chi connectivity index (χ2v) is 6.77. The number of halogens is 3. The van der Waals surface area contributed by atoms with Crippen molar-refractivity contribution in [3.05, 3.63) is 63.1 Å². The highest BCUT2D eigenvalue weighted by atomic mass is 35.5. The summed E-state index contributed by atoms with van der Waals surface area (Å²) >= 11 is 18.3. The number of amidine groups is 1. The van der Waals surface area contributed by atoms with Gasteiger partial charge in [-0.15, -0.1) is 0 Å². The molecule has 1 aliphatic heterocycles. The largest absolute Gasteiger partial charge is 0.326 e. The monoisotopic (exact) mass is 366 g/mol. The van der Waals surface area contributed by atoms with Crippen LogP contribution in [-0.2, 0) is 0 Å². The van der Waals surface area contributed by atoms with Gasteiger partial charge in [-0.2, -0.15) is 0 Å². The molecule has 0 amide bonds. The van der Waals surface area contributed by atoms with Crippen LogP contribution in [0.25, 0.3) is 0 Å². The van der Waals surface area contributed by atoms with E-state index in [0.29, 0.717) is 10.0 Å². The summed E-state index contributed by atoms with van der Waals surface area (Å²) in [6.07, 6.45) is 3.41. The minimum atomic E-state index is 0.557. The van der Waals surface area contributed by atoms with Crippen LogP contribution in [0.3, 0.4) is 0 Å². The Morgan fingerprint density at radius 3 is 2.35 bits per heavy atom. The molecule has 0 fully saturated rings. The molecule has 0 radical (unpaired) electrons. The quantitative estimate of drug-likeness (QED) is 0.627. The molecule has 0 spiro atoms. The number of benzene rings is 2. The maximum absolute atomic E-state index is 6.20. The third-order valence-corrected chi connectivity index (χ3v) is 4.87. The van der Waals surface area contributed by atoms with Crippen molar-refractivity contribution in [3.63, 3.8) is 0 Å². The summed E-state index contributed by atoms with van der Waals surface area (Å²) in [4.78, 5) is 7.03. The van der Waals surface area contributed by atoms with E-state index >= 15 is 0 Å². The first-order chi connectivity index (χ1) is 11.1. The first-order valence-corrected chi connectivity index (χ1v) is 8.81. The van der Waals surface area contributed by atoms with Gasteiger partial charge in [0, 0.05) is 29.4 Å². The molecule has 2 nitrogen and oxygen atoms in total. The van der Waals surface area contributed by atoms with Crippen molar-refractivity contribution in [1.82, 2.24) is 0 Å². The fourth-order valence-corrected chi connectivity index (χ4v) is 3.10. The molecule has 1 aliphatic rings. The molecule has 0 saturated heterocycles. The van der Waals surface area contributed by atoms with E-state index in [0.717, 1.165) is 48.0 Å². The molecular weight excluding hydrogens is 351 g/mol. The molecule has 2 aromatic rings. The fraction of sp³-hybridized carbons (Fsp3) is 0.278. The minimum absolute atomic E-state index is 0.557. The highest BCUT2D eigenvalue weighted by molar-refractivity contribution is 6.42. The van der Waals surface area contributed by atoms with E-state index in [1.807, 2.05) is 42.5 Å². The van der Waals surface area contributed by atoms with Crippen molar-refractivity contribution in [2.24, 2.45) is 4.99 Å². The van der Waals surface area contributed by atoms with E-state index in [9.17, 15) is 0 Å². The van der Waals surface area contributed by atoms with Gasteiger partial charge in [0.1, 0.15) is 5.84 Å². The molecule has 120 valence electrons. The Morgan fingerprint density at radius 1 is 0.826 bits per heavy atom. The van der Waals surface area contributed by atoms with Crippen LogP contribution in [0, 0.1) is 0 Å². The first-order valence-electron chi connectivity index (χ1n) is 7.68. The van der Waals surface area contributed by atoms with E-state index in [1.165, 1.54) is 6.42 Å². The topological polar surface area (TPSA) is 15.6 Å². The zero-order valence-electron chi connectivity index (χ0n) is 12.6. The Morgan fingerprint density at radius 2 is 1.61 bits per heavy atom. The maximum atomic E-state index is 6.20. The normalized spacial score (nSPS) is 15.8. The fourth-order valence-electron chi connectivity index (χ4n) is 2.69. The van der Waals surface area contributed by atoms with Gasteiger partial charge in [-0.25, -0.2) is 0 Å². The minimum Gasteiger partial charge on any atom is -0.326 e. The summed E-state index contributed by atoms with van der Waals surface area (Å²) in [5, 5.41) is 1.84. The predicted molar refractivity (Wildman–Crippen MR) is 101 cm³/mol. The lowest BCUT2D eigenvalue weighted by molar-refractivity contribution is 0.676. The average Bonchev–Trinajstić information content (AvgIpc) is 2.52. The van der Waals surface area contributed by atoms with E-state index in [-0.39, 0.29) is 0 Å². The van der Waals surface area contributed by atoms with Crippen molar-refractivity contribution in [2.75, 3.05) is 18.0 Å². The van der Waals surface area contributed by atoms with E-state index in [2.05, 4.69) is 4.90 Å². The first kappa shape index (κ1) is 16.6. The molecule has 0 aromatic heterocycles. The number of hydrogen-bond donors (Lipinski definition) is 0. The smallest absolute Gasteiger partial charge is 0.135 e. The number of aliphatic imine (C=N–C) groups is 1. The molecule has 0 unspecified atom stereocenters. The Kier molecular flexibility index (Phi) is 5.47. The number of anilines is 1. The van der Waals surface area contributed by atoms with Crippen LogP contribution >= 0.6 is 34.8 Å². The summed E-state index contributed by atoms with van der Waals surface area (Å²) in [5.74, 6) is 0.958. The summed E-state index contributed by atoms with van der Waals surface area (Å²) in [6, 6.07) is 13.5. The number of hydrogen-bond acceptors (Lipinski definition) is 2. The standard InChI is InChI=1S/C18H17Cl3N2/c19-14-6-4-13(5-7-14)18-22-10-2-1-3-11-23(18)15-8-9-16(20)17(21)12-15/h4-9,12H,1-3,10-11H2. The van der Waals surface area contributed by atoms with Crippen molar-refractivity contribution in [2.45, 2.75) is 19.3 Å². The predicted octanol–water partition coefficient (Wildman–Crippen LogP) is 6.08. The number of nitrogens with zero attached hydrogens (tertiary/aromatic N) is 2. The van der Waals surface area contributed by atoms with Gasteiger partial charge >= 0.3 is 0 Å². The lowest BCUT2D eigenvalue weighted by Gasteiger charge is -2.28. The molecule has 0 atom stereocenters. The maximum Gasteiger partial charge on any atom is 0.135 e. The molecule has 5 heteroatoms. The van der Waals surface area contributed by atoms with Crippen LogP contribution in [0.4, 0.5) is 5.69 Å². The van der Waals surface area contributed by atoms with Crippen LogP contribution in [0.15, 0.2) is 47.5 Å². The van der Waals surface area contributed by atoms with Gasteiger partial charge in [0.05, 0.1) is 10.0 Å². The van der Waals surface area contributed by atoms with Crippen molar-refractivity contribution >= 4 is 46.3 Å². The summed E-state index contributed by atoms with van der Waals surface area (Å²) < 4.78 is 0. The van der Waals surface area contributed by atoms with Gasteiger partial charge in [-0.1, -0.05) is 34.8 Å². The van der Waals surface area contributed by atoms with Gasteiger partial charge in [0.15, 0.2) is 0 Å². The van der Waals surface area contributed by atoms with Gasteiger partial charge < -0.3 is 4.90 Å². The lowest BCUT2D eigenvalue weighted by Crippen LogP contribution is -2.34. The Bertz CT molecular complexity index is 711. The van der Waals surface area contributed by atoms with E-state index in [1.54, 1.807) is 0 Å². The van der Waals surface area contributed by atoms with Crippen molar-refractivity contribution < 1.29 is 0 Å². The molecule has 3 rings (SSSR count). The molecule has 23 heavy (non-hydrogen) atoms. The Hall–Kier alpha value is -1.22. The van der Waals surface area contributed by atoms with E-state index in [4.69, 9.17) is 39.8 Å². The van der Waals surface area contributed by atoms with Gasteiger partial charge in [0.25, 0.3) is 0 Å². The summed E-state index contributed by atoms with van der Waals surface area (Å²) in [7, 11) is 0. The molecule has 0 aliphatic carbocycles. The van der Waals surface area contributed by atoms with Crippen LogP contribution < -0.4 is 4.90 Å². The third-order valence-electron chi connectivity index (χ3n) is 3.87. The summed E-state index contributed by atoms with van der Waals surface area (Å²) in [5.41, 5.74) is 2.07. The SMILES string of the molecule is Clc1ccc(C2=NCCCCCN2c2ccc(Cl)c(Cl)c2)cc1. The summed E-state index contributed by atoms with van der Waals surface area (Å²) in [6.45, 7) is 1.73. The average molecular weight is 368 g/mol. The number of rotatable bonds is 2. The molecule has 0 saturated carbocycles. The molecular formula is C18H17Cl3N2. The molecule has 0 bridgehead atoms. The van der Waals surface area contributed by atoms with Crippen LogP contribution in [0.1, 0.15) is 24.8 Å². The van der Waals surface area contributed by atoms with Gasteiger partial charge in [0.2, 0.25) is 0 Å². The molecule has 2 aromatic carbocycles. The zero-order valence-corrected chi connectivity index (χ0v) is 14.9. The highest BCUT2D eigenvalue weighted by Crippen LogP contribution is 2.29. The Balaban J connectivity index is 2.03. The van der Waals surface area contributed by atoms with Crippen molar-refractivity contribution in [1.29, 1.82) is 0 Å². The second-order valence-electron chi connectivity index (χ2n) is 5.52. The molecule has 1 heterocycles. The second kappa shape index (κ2) is 7.57. The zero-order chi connectivity index (χ0) is 16.2. The lowest BCUT2D eigenvalue weighted by atomic mass is 10.1. The van der Waals surface area contributed by atoms with Crippen LogP contribution in [0.2, 0.25) is 15.1 Å². The van der Waals surface area contributed by atoms with Gasteiger partial charge in [-0.3, -0.25) is 4.99 Å². The third kappa shape index (κ3) is 4.00. The van der Waals surface area contributed by atoms with E-state index < -0.39 is 0 Å². The molecule has 0 N–H and O–H groups in total. The van der Waals surface area contributed by atoms with Crippen molar-refractivity contribution in [3.8, 4) is 0 Å². The van der Waals surface area contributed by atoms with Crippen LogP contribution in [-0.4, -0.2) is 18.9 Å². The Labute approximate surface area is 151 Å².